The smallest absolute Gasteiger partial charge is 0.253 e. The lowest BCUT2D eigenvalue weighted by atomic mass is 10.1. The van der Waals surface area contributed by atoms with Gasteiger partial charge in [0.25, 0.3) is 5.91 Å². The molecule has 18 heavy (non-hydrogen) atoms. The summed E-state index contributed by atoms with van der Waals surface area (Å²) in [4.78, 5) is 12.0. The van der Waals surface area contributed by atoms with Gasteiger partial charge >= 0.3 is 0 Å². The SMILES string of the molecule is Cc1ccc(NC(=O)C2CCC(CN)O2)c(C)c1. The van der Waals surface area contributed by atoms with E-state index in [0.29, 0.717) is 6.54 Å². The predicted molar refractivity (Wildman–Crippen MR) is 71.5 cm³/mol. The first-order valence-corrected chi connectivity index (χ1v) is 6.34. The van der Waals surface area contributed by atoms with Crippen LogP contribution in [0, 0.1) is 13.8 Å². The molecule has 0 aromatic heterocycles. The fourth-order valence-corrected chi connectivity index (χ4v) is 2.24. The number of nitrogens with two attached hydrogens (primary N) is 1. The lowest BCUT2D eigenvalue weighted by Crippen LogP contribution is -2.30. The molecule has 3 N–H and O–H groups in total. The van der Waals surface area contributed by atoms with Crippen LogP contribution in [0.4, 0.5) is 5.69 Å². The van der Waals surface area contributed by atoms with Gasteiger partial charge in [0.1, 0.15) is 6.10 Å². The molecule has 4 heteroatoms. The van der Waals surface area contributed by atoms with E-state index in [1.54, 1.807) is 0 Å². The van der Waals surface area contributed by atoms with E-state index in [1.807, 2.05) is 32.0 Å². The zero-order valence-electron chi connectivity index (χ0n) is 10.9. The minimum absolute atomic E-state index is 0.0277. The lowest BCUT2D eigenvalue weighted by molar-refractivity contribution is -0.126. The second kappa shape index (κ2) is 5.50. The summed E-state index contributed by atoms with van der Waals surface area (Å²) in [6, 6.07) is 5.96. The average molecular weight is 248 g/mol. The van der Waals surface area contributed by atoms with Crippen LogP contribution in [0.3, 0.4) is 0 Å². The number of rotatable bonds is 3. The number of hydrogen-bond acceptors (Lipinski definition) is 3. The Hall–Kier alpha value is -1.39. The fourth-order valence-electron chi connectivity index (χ4n) is 2.24. The normalized spacial score (nSPS) is 23.1. The van der Waals surface area contributed by atoms with Crippen molar-refractivity contribution in [3.63, 3.8) is 0 Å². The largest absolute Gasteiger partial charge is 0.364 e. The molecule has 98 valence electrons. The number of anilines is 1. The Bertz CT molecular complexity index is 445. The molecule has 0 aliphatic carbocycles. The molecule has 2 rings (SSSR count). The Balaban J connectivity index is 1.99. The van der Waals surface area contributed by atoms with E-state index in [-0.39, 0.29) is 18.1 Å². The van der Waals surface area contributed by atoms with E-state index in [1.165, 1.54) is 5.56 Å². The number of hydrogen-bond donors (Lipinski definition) is 2. The van der Waals surface area contributed by atoms with Gasteiger partial charge in [0.2, 0.25) is 0 Å². The van der Waals surface area contributed by atoms with Gasteiger partial charge in [0, 0.05) is 12.2 Å². The summed E-state index contributed by atoms with van der Waals surface area (Å²) >= 11 is 0. The summed E-state index contributed by atoms with van der Waals surface area (Å²) in [6.07, 6.45) is 1.28. The summed E-state index contributed by atoms with van der Waals surface area (Å²) in [7, 11) is 0. The van der Waals surface area contributed by atoms with Crippen LogP contribution in [0.1, 0.15) is 24.0 Å². The summed E-state index contributed by atoms with van der Waals surface area (Å²) in [5.41, 5.74) is 8.64. The van der Waals surface area contributed by atoms with E-state index in [9.17, 15) is 4.79 Å². The second-order valence-corrected chi connectivity index (χ2v) is 4.87. The molecular weight excluding hydrogens is 228 g/mol. The highest BCUT2D eigenvalue weighted by atomic mass is 16.5. The standard InChI is InChI=1S/C14H20N2O2/c1-9-3-5-12(10(2)7-9)16-14(17)13-6-4-11(8-15)18-13/h3,5,7,11,13H,4,6,8,15H2,1-2H3,(H,16,17). The third kappa shape index (κ3) is 2.89. The molecule has 1 amide bonds. The van der Waals surface area contributed by atoms with Crippen molar-refractivity contribution in [1.82, 2.24) is 0 Å². The van der Waals surface area contributed by atoms with Gasteiger partial charge in [0.05, 0.1) is 6.10 Å². The van der Waals surface area contributed by atoms with Crippen LogP contribution in [0.2, 0.25) is 0 Å². The van der Waals surface area contributed by atoms with E-state index >= 15 is 0 Å². The first kappa shape index (κ1) is 13.1. The fraction of sp³-hybridized carbons (Fsp3) is 0.500. The van der Waals surface area contributed by atoms with Crippen molar-refractivity contribution >= 4 is 11.6 Å². The Labute approximate surface area is 108 Å². The molecule has 1 heterocycles. The maximum Gasteiger partial charge on any atom is 0.253 e. The van der Waals surface area contributed by atoms with Crippen molar-refractivity contribution in [3.8, 4) is 0 Å². The molecule has 1 saturated heterocycles. The zero-order chi connectivity index (χ0) is 13.1. The van der Waals surface area contributed by atoms with Crippen molar-refractivity contribution in [1.29, 1.82) is 0 Å². The van der Waals surface area contributed by atoms with Crippen molar-refractivity contribution in [2.24, 2.45) is 5.73 Å². The molecule has 1 aliphatic rings. The highest BCUT2D eigenvalue weighted by molar-refractivity contribution is 5.95. The van der Waals surface area contributed by atoms with Crippen LogP contribution in [0.15, 0.2) is 18.2 Å². The van der Waals surface area contributed by atoms with Gasteiger partial charge in [-0.1, -0.05) is 17.7 Å². The quantitative estimate of drug-likeness (QED) is 0.856. The molecule has 1 fully saturated rings. The molecule has 0 saturated carbocycles. The number of amides is 1. The first-order valence-electron chi connectivity index (χ1n) is 6.34. The maximum atomic E-state index is 12.0. The number of carbonyl (C=O) groups excluding carboxylic acids is 1. The second-order valence-electron chi connectivity index (χ2n) is 4.87. The van der Waals surface area contributed by atoms with Crippen molar-refractivity contribution in [3.05, 3.63) is 29.3 Å². The van der Waals surface area contributed by atoms with E-state index in [4.69, 9.17) is 10.5 Å². The van der Waals surface area contributed by atoms with Crippen LogP contribution >= 0.6 is 0 Å². The summed E-state index contributed by atoms with van der Waals surface area (Å²) in [5.74, 6) is -0.0714. The van der Waals surface area contributed by atoms with Crippen LogP contribution < -0.4 is 11.1 Å². The number of aryl methyl sites for hydroxylation is 2. The third-order valence-electron chi connectivity index (χ3n) is 3.30. The molecule has 0 radical (unpaired) electrons. The summed E-state index contributed by atoms with van der Waals surface area (Å²) in [5, 5.41) is 2.92. The van der Waals surface area contributed by atoms with Gasteiger partial charge in [-0.2, -0.15) is 0 Å². The summed E-state index contributed by atoms with van der Waals surface area (Å²) < 4.78 is 5.57. The molecule has 4 nitrogen and oxygen atoms in total. The van der Waals surface area contributed by atoms with E-state index in [2.05, 4.69) is 5.32 Å². The minimum atomic E-state index is -0.362. The molecule has 2 atom stereocenters. The van der Waals surface area contributed by atoms with Crippen molar-refractivity contribution in [2.75, 3.05) is 11.9 Å². The van der Waals surface area contributed by atoms with Gasteiger partial charge in [-0.25, -0.2) is 0 Å². The van der Waals surface area contributed by atoms with Gasteiger partial charge in [-0.05, 0) is 38.3 Å². The Kier molecular flexibility index (Phi) is 3.99. The monoisotopic (exact) mass is 248 g/mol. The van der Waals surface area contributed by atoms with Gasteiger partial charge in [-0.15, -0.1) is 0 Å². The molecule has 2 unspecified atom stereocenters. The summed E-state index contributed by atoms with van der Waals surface area (Å²) in [6.45, 7) is 4.50. The Morgan fingerprint density at radius 3 is 2.83 bits per heavy atom. The van der Waals surface area contributed by atoms with E-state index < -0.39 is 0 Å². The maximum absolute atomic E-state index is 12.0. The number of benzene rings is 1. The Morgan fingerprint density at radius 2 is 2.22 bits per heavy atom. The lowest BCUT2D eigenvalue weighted by Gasteiger charge is -2.14. The van der Waals surface area contributed by atoms with Crippen LogP contribution in [0.25, 0.3) is 0 Å². The van der Waals surface area contributed by atoms with Crippen molar-refractivity contribution in [2.45, 2.75) is 38.9 Å². The van der Waals surface area contributed by atoms with Gasteiger partial charge in [-0.3, -0.25) is 4.79 Å². The molecule has 0 spiro atoms. The highest BCUT2D eigenvalue weighted by Gasteiger charge is 2.29. The highest BCUT2D eigenvalue weighted by Crippen LogP contribution is 2.22. The predicted octanol–water partition coefficient (Wildman–Crippen LogP) is 1.75. The molecule has 1 aromatic carbocycles. The number of ether oxygens (including phenoxy) is 1. The number of nitrogens with one attached hydrogen (secondary N) is 1. The van der Waals surface area contributed by atoms with Crippen LogP contribution in [-0.4, -0.2) is 24.7 Å². The topological polar surface area (TPSA) is 64.4 Å². The third-order valence-corrected chi connectivity index (χ3v) is 3.30. The van der Waals surface area contributed by atoms with Gasteiger partial charge < -0.3 is 15.8 Å². The first-order chi connectivity index (χ1) is 8.60. The van der Waals surface area contributed by atoms with Crippen LogP contribution in [0.5, 0.6) is 0 Å². The van der Waals surface area contributed by atoms with Crippen molar-refractivity contribution < 1.29 is 9.53 Å². The molecular formula is C14H20N2O2. The van der Waals surface area contributed by atoms with E-state index in [0.717, 1.165) is 24.1 Å². The zero-order valence-corrected chi connectivity index (χ0v) is 10.9. The minimum Gasteiger partial charge on any atom is -0.364 e. The average Bonchev–Trinajstić information content (AvgIpc) is 2.81. The van der Waals surface area contributed by atoms with Gasteiger partial charge in [0.15, 0.2) is 0 Å². The molecule has 1 aromatic rings. The molecule has 0 bridgehead atoms. The van der Waals surface area contributed by atoms with Crippen LogP contribution in [-0.2, 0) is 9.53 Å². The molecule has 1 aliphatic heterocycles. The Morgan fingerprint density at radius 1 is 1.44 bits per heavy atom. The number of carbonyl (C=O) groups is 1.